The molecule has 0 bridgehead atoms. The van der Waals surface area contributed by atoms with Gasteiger partial charge in [0.2, 0.25) is 0 Å². The quantitative estimate of drug-likeness (QED) is 0.667. The van der Waals surface area contributed by atoms with Gasteiger partial charge in [-0.05, 0) is 33.6 Å². The van der Waals surface area contributed by atoms with Crippen molar-refractivity contribution in [3.05, 3.63) is 0 Å². The predicted octanol–water partition coefficient (Wildman–Crippen LogP) is 1.72. The molecule has 1 N–H and O–H groups in total. The lowest BCUT2D eigenvalue weighted by molar-refractivity contribution is -0.130. The van der Waals surface area contributed by atoms with Crippen LogP contribution in [0.1, 0.15) is 33.6 Å². The van der Waals surface area contributed by atoms with Gasteiger partial charge in [-0.3, -0.25) is 0 Å². The Hall–Kier alpha value is -1.70. The molecule has 18 heavy (non-hydrogen) atoms. The lowest BCUT2D eigenvalue weighted by Crippen LogP contribution is -2.41. The number of carbonyl (C=O) groups excluding carboxylic acids is 1. The number of amides is 1. The normalized spacial score (nSPS) is 16.7. The van der Waals surface area contributed by atoms with Crippen molar-refractivity contribution < 1.29 is 19.4 Å². The van der Waals surface area contributed by atoms with E-state index in [0.29, 0.717) is 25.9 Å². The zero-order valence-electron chi connectivity index (χ0n) is 11.0. The number of carbonyl (C=O) groups is 2. The van der Waals surface area contributed by atoms with E-state index in [1.54, 1.807) is 4.90 Å². The summed E-state index contributed by atoms with van der Waals surface area (Å²) >= 11 is 0. The van der Waals surface area contributed by atoms with Crippen LogP contribution >= 0.6 is 0 Å². The van der Waals surface area contributed by atoms with Crippen molar-refractivity contribution in [3.63, 3.8) is 0 Å². The minimum atomic E-state index is -1.11. The molecule has 0 saturated carbocycles. The van der Waals surface area contributed by atoms with E-state index in [4.69, 9.17) is 9.84 Å². The molecule has 5 heteroatoms. The Balaban J connectivity index is 2.43. The Kier molecular flexibility index (Phi) is 4.60. The SMILES string of the molecule is CC(C)(C)OC(=O)N1CCC(C#CC(=O)O)CC1. The number of carboxylic acid groups (broad SMARTS) is 1. The highest BCUT2D eigenvalue weighted by Crippen LogP contribution is 2.18. The van der Waals surface area contributed by atoms with E-state index < -0.39 is 11.6 Å². The van der Waals surface area contributed by atoms with Gasteiger partial charge in [0.05, 0.1) is 0 Å². The van der Waals surface area contributed by atoms with Crippen LogP contribution in [0.2, 0.25) is 0 Å². The summed E-state index contributed by atoms with van der Waals surface area (Å²) in [4.78, 5) is 23.7. The summed E-state index contributed by atoms with van der Waals surface area (Å²) in [6, 6.07) is 0. The smallest absolute Gasteiger partial charge is 0.410 e. The third kappa shape index (κ3) is 5.09. The number of piperidine rings is 1. The molecule has 0 aliphatic carbocycles. The average Bonchev–Trinajstić information content (AvgIpc) is 2.24. The maximum Gasteiger partial charge on any atom is 0.410 e. The van der Waals surface area contributed by atoms with Crippen LogP contribution in [0.15, 0.2) is 0 Å². The second-order valence-electron chi connectivity index (χ2n) is 5.32. The first-order chi connectivity index (χ1) is 8.28. The predicted molar refractivity (Wildman–Crippen MR) is 65.9 cm³/mol. The van der Waals surface area contributed by atoms with Crippen LogP contribution in [-0.2, 0) is 9.53 Å². The van der Waals surface area contributed by atoms with Crippen LogP contribution in [-0.4, -0.2) is 40.8 Å². The van der Waals surface area contributed by atoms with Gasteiger partial charge in [-0.1, -0.05) is 5.92 Å². The molecule has 1 saturated heterocycles. The van der Waals surface area contributed by atoms with Crippen LogP contribution in [0, 0.1) is 17.8 Å². The Labute approximate surface area is 107 Å². The summed E-state index contributed by atoms with van der Waals surface area (Å²) in [6.07, 6.45) is 1.08. The van der Waals surface area contributed by atoms with E-state index in [2.05, 4.69) is 11.8 Å². The topological polar surface area (TPSA) is 66.8 Å². The number of aliphatic carboxylic acids is 1. The summed E-state index contributed by atoms with van der Waals surface area (Å²) in [5, 5.41) is 8.45. The number of likely N-dealkylation sites (tertiary alicyclic amines) is 1. The molecule has 0 aromatic carbocycles. The monoisotopic (exact) mass is 253 g/mol. The Morgan fingerprint density at radius 3 is 2.28 bits per heavy atom. The van der Waals surface area contributed by atoms with E-state index in [0.717, 1.165) is 0 Å². The van der Waals surface area contributed by atoms with E-state index in [1.165, 1.54) is 0 Å². The molecule has 1 rings (SSSR count). The van der Waals surface area contributed by atoms with Gasteiger partial charge in [0, 0.05) is 24.9 Å². The van der Waals surface area contributed by atoms with Gasteiger partial charge in [0.1, 0.15) is 5.60 Å². The molecule has 1 fully saturated rings. The van der Waals surface area contributed by atoms with Crippen molar-refractivity contribution in [2.45, 2.75) is 39.2 Å². The molecular weight excluding hydrogens is 234 g/mol. The van der Waals surface area contributed by atoms with Crippen LogP contribution in [0.4, 0.5) is 4.79 Å². The molecule has 1 heterocycles. The molecule has 5 nitrogen and oxygen atoms in total. The van der Waals surface area contributed by atoms with Gasteiger partial charge in [-0.15, -0.1) is 0 Å². The summed E-state index contributed by atoms with van der Waals surface area (Å²) in [5.74, 6) is 3.78. The molecule has 0 radical (unpaired) electrons. The fourth-order valence-electron chi connectivity index (χ4n) is 1.70. The maximum atomic E-state index is 11.8. The molecule has 1 aliphatic rings. The highest BCUT2D eigenvalue weighted by atomic mass is 16.6. The lowest BCUT2D eigenvalue weighted by Gasteiger charge is -2.31. The Morgan fingerprint density at radius 2 is 1.83 bits per heavy atom. The zero-order chi connectivity index (χ0) is 13.8. The van der Waals surface area contributed by atoms with Gasteiger partial charge in [0.15, 0.2) is 0 Å². The number of rotatable bonds is 0. The Morgan fingerprint density at radius 1 is 1.28 bits per heavy atom. The number of nitrogens with zero attached hydrogens (tertiary/aromatic N) is 1. The molecule has 100 valence electrons. The van der Waals surface area contributed by atoms with Gasteiger partial charge in [0.25, 0.3) is 0 Å². The summed E-state index contributed by atoms with van der Waals surface area (Å²) < 4.78 is 5.27. The molecule has 1 aliphatic heterocycles. The van der Waals surface area contributed by atoms with Crippen LogP contribution < -0.4 is 0 Å². The molecule has 1 amide bonds. The van der Waals surface area contributed by atoms with Gasteiger partial charge in [-0.2, -0.15) is 0 Å². The molecule has 0 spiro atoms. The van der Waals surface area contributed by atoms with Crippen LogP contribution in [0.3, 0.4) is 0 Å². The zero-order valence-corrected chi connectivity index (χ0v) is 11.0. The summed E-state index contributed by atoms with van der Waals surface area (Å²) in [5.41, 5.74) is -0.489. The third-order valence-corrected chi connectivity index (χ3v) is 2.53. The molecule has 0 aromatic heterocycles. The molecular formula is C13H19NO4. The minimum Gasteiger partial charge on any atom is -0.472 e. The second-order valence-corrected chi connectivity index (χ2v) is 5.32. The van der Waals surface area contributed by atoms with Crippen molar-refractivity contribution in [2.75, 3.05) is 13.1 Å². The molecule has 0 aromatic rings. The lowest BCUT2D eigenvalue weighted by atomic mass is 9.98. The first-order valence-electron chi connectivity index (χ1n) is 6.00. The van der Waals surface area contributed by atoms with Crippen molar-refractivity contribution in [1.82, 2.24) is 4.90 Å². The average molecular weight is 253 g/mol. The van der Waals surface area contributed by atoms with Crippen molar-refractivity contribution >= 4 is 12.1 Å². The third-order valence-electron chi connectivity index (χ3n) is 2.53. The van der Waals surface area contributed by atoms with Crippen LogP contribution in [0.25, 0.3) is 0 Å². The fraction of sp³-hybridized carbons (Fsp3) is 0.692. The van der Waals surface area contributed by atoms with E-state index in [9.17, 15) is 9.59 Å². The number of hydrogen-bond acceptors (Lipinski definition) is 3. The van der Waals surface area contributed by atoms with Crippen LogP contribution in [0.5, 0.6) is 0 Å². The Bertz CT molecular complexity index is 378. The van der Waals surface area contributed by atoms with E-state index >= 15 is 0 Å². The summed E-state index contributed by atoms with van der Waals surface area (Å²) in [6.45, 7) is 6.61. The molecule has 0 unspecified atom stereocenters. The number of carboxylic acids is 1. The number of hydrogen-bond donors (Lipinski definition) is 1. The highest BCUT2D eigenvalue weighted by molar-refractivity contribution is 5.86. The largest absolute Gasteiger partial charge is 0.472 e. The van der Waals surface area contributed by atoms with E-state index in [-0.39, 0.29) is 12.0 Å². The van der Waals surface area contributed by atoms with Crippen molar-refractivity contribution in [1.29, 1.82) is 0 Å². The summed E-state index contributed by atoms with van der Waals surface area (Å²) in [7, 11) is 0. The minimum absolute atomic E-state index is 0.0554. The standard InChI is InChI=1S/C13H19NO4/c1-13(2,3)18-12(17)14-8-6-10(7-9-14)4-5-11(15)16/h10H,6-9H2,1-3H3,(H,15,16). The van der Waals surface area contributed by atoms with Gasteiger partial charge in [-0.25, -0.2) is 9.59 Å². The van der Waals surface area contributed by atoms with Gasteiger partial charge >= 0.3 is 12.1 Å². The maximum absolute atomic E-state index is 11.8. The van der Waals surface area contributed by atoms with Crippen molar-refractivity contribution in [3.8, 4) is 11.8 Å². The van der Waals surface area contributed by atoms with E-state index in [1.807, 2.05) is 20.8 Å². The van der Waals surface area contributed by atoms with Crippen molar-refractivity contribution in [2.24, 2.45) is 5.92 Å². The number of ether oxygens (including phenoxy) is 1. The fourth-order valence-corrected chi connectivity index (χ4v) is 1.70. The first kappa shape index (κ1) is 14.4. The first-order valence-corrected chi connectivity index (χ1v) is 6.00. The highest BCUT2D eigenvalue weighted by Gasteiger charge is 2.26. The second kappa shape index (κ2) is 5.76. The van der Waals surface area contributed by atoms with Gasteiger partial charge < -0.3 is 14.7 Å². The molecule has 0 atom stereocenters.